The number of thioether (sulfide) groups is 1. The molecule has 6 nitrogen and oxygen atoms in total. The molecule has 7 heteroatoms. The zero-order valence-corrected chi connectivity index (χ0v) is 12.9. The van der Waals surface area contributed by atoms with Crippen molar-refractivity contribution in [2.75, 3.05) is 19.3 Å². The van der Waals surface area contributed by atoms with E-state index < -0.39 is 0 Å². The van der Waals surface area contributed by atoms with Crippen LogP contribution in [0.15, 0.2) is 11.4 Å². The molecule has 2 heterocycles. The summed E-state index contributed by atoms with van der Waals surface area (Å²) in [6.45, 7) is 3.57. The van der Waals surface area contributed by atoms with E-state index in [1.54, 1.807) is 22.9 Å². The van der Waals surface area contributed by atoms with Crippen LogP contribution in [0.5, 0.6) is 0 Å². The monoisotopic (exact) mass is 296 g/mol. The second-order valence-corrected chi connectivity index (χ2v) is 5.62. The fourth-order valence-electron chi connectivity index (χ4n) is 2.36. The summed E-state index contributed by atoms with van der Waals surface area (Å²) < 4.78 is 1.96. The van der Waals surface area contributed by atoms with Gasteiger partial charge in [0.1, 0.15) is 0 Å². The van der Waals surface area contributed by atoms with E-state index >= 15 is 0 Å². The van der Waals surface area contributed by atoms with Crippen molar-refractivity contribution in [1.82, 2.24) is 19.8 Å². The lowest BCUT2D eigenvalue weighted by atomic mass is 10.1. The Morgan fingerprint density at radius 1 is 1.60 bits per heavy atom. The molecule has 1 saturated heterocycles. The van der Waals surface area contributed by atoms with Crippen molar-refractivity contribution in [3.8, 4) is 0 Å². The van der Waals surface area contributed by atoms with Gasteiger partial charge in [-0.1, -0.05) is 11.8 Å². The molecule has 0 aromatic carbocycles. The molecular formula is C13H20N4O2S. The summed E-state index contributed by atoms with van der Waals surface area (Å²) in [5, 5.41) is 3.82. The molecule has 2 rings (SSSR count). The number of aromatic nitrogens is 2. The zero-order chi connectivity index (χ0) is 14.7. The lowest BCUT2D eigenvalue weighted by Crippen LogP contribution is -2.33. The quantitative estimate of drug-likeness (QED) is 0.809. The van der Waals surface area contributed by atoms with E-state index in [0.29, 0.717) is 26.1 Å². The van der Waals surface area contributed by atoms with Gasteiger partial charge < -0.3 is 14.8 Å². The molecule has 0 spiro atoms. The van der Waals surface area contributed by atoms with Crippen LogP contribution in [-0.2, 0) is 23.2 Å². The molecule has 1 aromatic rings. The van der Waals surface area contributed by atoms with Crippen LogP contribution >= 0.6 is 11.8 Å². The van der Waals surface area contributed by atoms with E-state index in [0.717, 1.165) is 10.9 Å². The summed E-state index contributed by atoms with van der Waals surface area (Å²) >= 11 is 1.57. The highest BCUT2D eigenvalue weighted by atomic mass is 32.2. The van der Waals surface area contributed by atoms with Crippen molar-refractivity contribution in [2.45, 2.75) is 25.0 Å². The first-order valence-corrected chi connectivity index (χ1v) is 7.89. The second kappa shape index (κ2) is 6.30. The maximum Gasteiger partial charge on any atom is 0.225 e. The van der Waals surface area contributed by atoms with E-state index in [2.05, 4.69) is 10.3 Å². The first-order chi connectivity index (χ1) is 9.56. The molecule has 0 radical (unpaired) electrons. The predicted molar refractivity (Wildman–Crippen MR) is 77.2 cm³/mol. The van der Waals surface area contributed by atoms with E-state index in [1.807, 2.05) is 24.8 Å². The molecule has 1 atom stereocenters. The van der Waals surface area contributed by atoms with Crippen molar-refractivity contribution in [3.05, 3.63) is 11.9 Å². The Balaban J connectivity index is 1.89. The van der Waals surface area contributed by atoms with Crippen LogP contribution in [0.4, 0.5) is 0 Å². The van der Waals surface area contributed by atoms with Gasteiger partial charge in [-0.15, -0.1) is 0 Å². The Hall–Kier alpha value is -1.50. The highest BCUT2D eigenvalue weighted by Gasteiger charge is 2.33. The number of hydrogen-bond acceptors (Lipinski definition) is 4. The standard InChI is InChI=1S/C13H20N4O2S/c1-4-17-8-9(5-11(17)18)12(19)14-6-10-7-15-13(20-3)16(10)2/h7,9H,4-6,8H2,1-3H3,(H,14,19)/t9-/m0/s1. The number of carbonyl (C=O) groups is 2. The van der Waals surface area contributed by atoms with Gasteiger partial charge in [0.05, 0.1) is 24.4 Å². The SMILES string of the molecule is CCN1C[C@@H](C(=O)NCc2cnc(SC)n2C)CC1=O. The van der Waals surface area contributed by atoms with E-state index in [4.69, 9.17) is 0 Å². The van der Waals surface area contributed by atoms with Gasteiger partial charge in [-0.05, 0) is 13.2 Å². The van der Waals surface area contributed by atoms with Gasteiger partial charge >= 0.3 is 0 Å². The van der Waals surface area contributed by atoms with Crippen LogP contribution in [0.1, 0.15) is 19.0 Å². The Labute approximate surface area is 122 Å². The van der Waals surface area contributed by atoms with E-state index in [1.165, 1.54) is 0 Å². The summed E-state index contributed by atoms with van der Waals surface area (Å²) in [6, 6.07) is 0. The Kier molecular flexibility index (Phi) is 4.69. The average Bonchev–Trinajstić information content (AvgIpc) is 2.99. The summed E-state index contributed by atoms with van der Waals surface area (Å²) in [4.78, 5) is 29.7. The lowest BCUT2D eigenvalue weighted by molar-refractivity contribution is -0.128. The molecule has 110 valence electrons. The largest absolute Gasteiger partial charge is 0.350 e. The number of rotatable bonds is 5. The van der Waals surface area contributed by atoms with E-state index in [-0.39, 0.29) is 17.7 Å². The first-order valence-electron chi connectivity index (χ1n) is 6.66. The molecule has 20 heavy (non-hydrogen) atoms. The minimum Gasteiger partial charge on any atom is -0.350 e. The fourth-order valence-corrected chi connectivity index (χ4v) is 2.90. The van der Waals surface area contributed by atoms with Crippen molar-refractivity contribution in [2.24, 2.45) is 13.0 Å². The van der Waals surface area contributed by atoms with Gasteiger partial charge in [0.2, 0.25) is 11.8 Å². The molecule has 0 unspecified atom stereocenters. The third kappa shape index (κ3) is 2.98. The highest BCUT2D eigenvalue weighted by molar-refractivity contribution is 7.98. The number of nitrogens with one attached hydrogen (secondary N) is 1. The van der Waals surface area contributed by atoms with Gasteiger partial charge in [0, 0.05) is 26.6 Å². The molecule has 1 fully saturated rings. The van der Waals surface area contributed by atoms with Crippen molar-refractivity contribution in [1.29, 1.82) is 0 Å². The van der Waals surface area contributed by atoms with Crippen molar-refractivity contribution in [3.63, 3.8) is 0 Å². The number of nitrogens with zero attached hydrogens (tertiary/aromatic N) is 3. The smallest absolute Gasteiger partial charge is 0.225 e. The summed E-state index contributed by atoms with van der Waals surface area (Å²) in [5.74, 6) is -0.213. The summed E-state index contributed by atoms with van der Waals surface area (Å²) in [7, 11) is 1.93. The fraction of sp³-hybridized carbons (Fsp3) is 0.615. The normalized spacial score (nSPS) is 18.6. The van der Waals surface area contributed by atoms with Crippen molar-refractivity contribution >= 4 is 23.6 Å². The minimum absolute atomic E-state index is 0.0544. The molecule has 0 bridgehead atoms. The zero-order valence-electron chi connectivity index (χ0n) is 12.0. The Morgan fingerprint density at radius 2 is 2.35 bits per heavy atom. The molecule has 1 aliphatic rings. The van der Waals surface area contributed by atoms with Gasteiger partial charge in [0.15, 0.2) is 5.16 Å². The Bertz CT molecular complexity index is 514. The molecule has 0 saturated carbocycles. The number of likely N-dealkylation sites (tertiary alicyclic amines) is 1. The van der Waals surface area contributed by atoms with E-state index in [9.17, 15) is 9.59 Å². The first kappa shape index (κ1) is 14.9. The van der Waals surface area contributed by atoms with Crippen LogP contribution in [-0.4, -0.2) is 45.6 Å². The predicted octanol–water partition coefficient (Wildman–Crippen LogP) is 0.627. The van der Waals surface area contributed by atoms with Crippen LogP contribution in [0.25, 0.3) is 0 Å². The van der Waals surface area contributed by atoms with Gasteiger partial charge in [-0.3, -0.25) is 9.59 Å². The van der Waals surface area contributed by atoms with Crippen molar-refractivity contribution < 1.29 is 9.59 Å². The van der Waals surface area contributed by atoms with Gasteiger partial charge in [-0.2, -0.15) is 0 Å². The third-order valence-corrected chi connectivity index (χ3v) is 4.38. The average molecular weight is 296 g/mol. The number of hydrogen-bond donors (Lipinski definition) is 1. The van der Waals surface area contributed by atoms with Gasteiger partial charge in [0.25, 0.3) is 0 Å². The number of amides is 2. The highest BCUT2D eigenvalue weighted by Crippen LogP contribution is 2.18. The van der Waals surface area contributed by atoms with Crippen LogP contribution in [0.2, 0.25) is 0 Å². The molecule has 2 amide bonds. The van der Waals surface area contributed by atoms with Crippen LogP contribution in [0, 0.1) is 5.92 Å². The third-order valence-electron chi connectivity index (χ3n) is 3.64. The second-order valence-electron chi connectivity index (χ2n) is 4.85. The topological polar surface area (TPSA) is 67.2 Å². The molecule has 1 aliphatic heterocycles. The Morgan fingerprint density at radius 3 is 2.90 bits per heavy atom. The lowest BCUT2D eigenvalue weighted by Gasteiger charge is -2.13. The number of carbonyl (C=O) groups excluding carboxylic acids is 2. The van der Waals surface area contributed by atoms with Gasteiger partial charge in [-0.25, -0.2) is 4.98 Å². The van der Waals surface area contributed by atoms with Crippen LogP contribution < -0.4 is 5.32 Å². The molecule has 1 N–H and O–H groups in total. The maximum atomic E-state index is 12.1. The maximum absolute atomic E-state index is 12.1. The van der Waals surface area contributed by atoms with Crippen LogP contribution in [0.3, 0.4) is 0 Å². The minimum atomic E-state index is -0.226. The molecule has 0 aliphatic carbocycles. The summed E-state index contributed by atoms with van der Waals surface area (Å²) in [6.07, 6.45) is 4.06. The molecular weight excluding hydrogens is 276 g/mol. The number of imidazole rings is 1. The summed E-state index contributed by atoms with van der Waals surface area (Å²) in [5.41, 5.74) is 0.958. The molecule has 1 aromatic heterocycles.